The molecule has 1 atom stereocenters. The van der Waals surface area contributed by atoms with Crippen LogP contribution in [-0.4, -0.2) is 71.5 Å². The lowest BCUT2D eigenvalue weighted by atomic mass is 9.90. The number of carbonyl (C=O) groups is 3. The van der Waals surface area contributed by atoms with Crippen molar-refractivity contribution < 1.29 is 46.3 Å². The highest BCUT2D eigenvalue weighted by Gasteiger charge is 2.30. The van der Waals surface area contributed by atoms with Gasteiger partial charge in [-0.3, -0.25) is 4.79 Å². The summed E-state index contributed by atoms with van der Waals surface area (Å²) >= 11 is 0. The largest absolute Gasteiger partial charge is 0.496 e. The molecule has 0 radical (unpaired) electrons. The minimum absolute atomic E-state index is 0.0646. The van der Waals surface area contributed by atoms with E-state index in [-0.39, 0.29) is 36.8 Å². The van der Waals surface area contributed by atoms with Crippen molar-refractivity contribution in [3.8, 4) is 5.75 Å². The third kappa shape index (κ3) is 11.0. The van der Waals surface area contributed by atoms with Crippen LogP contribution in [0.15, 0.2) is 77.8 Å². The van der Waals surface area contributed by atoms with Gasteiger partial charge in [0, 0.05) is 32.3 Å². The predicted molar refractivity (Wildman–Crippen MR) is 184 cm³/mol. The van der Waals surface area contributed by atoms with Crippen LogP contribution in [0.3, 0.4) is 0 Å². The van der Waals surface area contributed by atoms with Gasteiger partial charge in [-0.25, -0.2) is 32.2 Å². The molecule has 0 saturated heterocycles. The lowest BCUT2D eigenvalue weighted by Crippen LogP contribution is -2.44. The fraction of sp³-hybridized carbons (Fsp3) is 0.444. The number of aromatic nitrogens is 1. The molecule has 4 rings (SSSR count). The zero-order valence-corrected chi connectivity index (χ0v) is 29.7. The number of aryl methyl sites for hydroxylation is 1. The summed E-state index contributed by atoms with van der Waals surface area (Å²) in [5, 5.41) is 2.61. The van der Waals surface area contributed by atoms with E-state index in [0.29, 0.717) is 36.0 Å². The Kier molecular flexibility index (Phi) is 14.6. The van der Waals surface area contributed by atoms with Crippen LogP contribution in [0.4, 0.5) is 9.59 Å². The summed E-state index contributed by atoms with van der Waals surface area (Å²) in [7, 11) is -0.807. The molecule has 0 aliphatic heterocycles. The fourth-order valence-corrected chi connectivity index (χ4v) is 6.74. The molecule has 1 fully saturated rings. The number of amides is 3. The number of ether oxygens (including phenoxy) is 4. The van der Waals surface area contributed by atoms with Gasteiger partial charge in [-0.15, -0.1) is 0 Å². The first-order valence-corrected chi connectivity index (χ1v) is 18.2. The van der Waals surface area contributed by atoms with Gasteiger partial charge in [0.1, 0.15) is 38.2 Å². The topological polar surface area (TPSA) is 153 Å². The van der Waals surface area contributed by atoms with Gasteiger partial charge in [0.05, 0.1) is 17.6 Å². The second-order valence-electron chi connectivity index (χ2n) is 12.0. The molecule has 2 N–H and O–H groups in total. The maximum absolute atomic E-state index is 13.6. The molecule has 3 amide bonds. The van der Waals surface area contributed by atoms with Gasteiger partial charge in [-0.05, 0) is 55.5 Å². The van der Waals surface area contributed by atoms with Crippen LogP contribution in [0, 0.1) is 5.92 Å². The van der Waals surface area contributed by atoms with Gasteiger partial charge in [0.25, 0.3) is 5.91 Å². The highest BCUT2D eigenvalue weighted by Crippen LogP contribution is 2.24. The van der Waals surface area contributed by atoms with Gasteiger partial charge < -0.3 is 24.3 Å². The molecule has 1 aromatic heterocycles. The molecular weight excluding hydrogens is 664 g/mol. The first-order valence-electron chi connectivity index (χ1n) is 16.8. The summed E-state index contributed by atoms with van der Waals surface area (Å²) < 4.78 is 51.6. The quantitative estimate of drug-likeness (QED) is 0.203. The number of nitrogens with zero attached hydrogens (tertiary/aromatic N) is 2. The lowest BCUT2D eigenvalue weighted by Gasteiger charge is -2.22. The molecule has 1 heterocycles. The van der Waals surface area contributed by atoms with E-state index in [1.165, 1.54) is 32.8 Å². The Morgan fingerprint density at radius 1 is 0.920 bits per heavy atom. The average Bonchev–Trinajstić information content (AvgIpc) is 3.15. The van der Waals surface area contributed by atoms with Crippen molar-refractivity contribution in [2.45, 2.75) is 69.7 Å². The van der Waals surface area contributed by atoms with Crippen LogP contribution in [0.1, 0.15) is 60.6 Å². The molecule has 1 aliphatic rings. The molecule has 3 aromatic rings. The number of hydrogen-bond acceptors (Lipinski definition) is 9. The van der Waals surface area contributed by atoms with Crippen molar-refractivity contribution in [3.63, 3.8) is 0 Å². The Balaban J connectivity index is 1.28. The van der Waals surface area contributed by atoms with Gasteiger partial charge in [0.15, 0.2) is 6.20 Å². The highest BCUT2D eigenvalue weighted by atomic mass is 32.2. The van der Waals surface area contributed by atoms with Gasteiger partial charge in [0.2, 0.25) is 15.7 Å². The Hall–Kier alpha value is -4.53. The standard InChI is InChI=1S/C36H46N4O9S/c1-4-39-21-11-10-14-29(39)24-40(34(41)32-15-8-9-16-33(32)47-3)36(43)49-26-30(46-2)25-48-35(42)37-22-28-17-19-31(20-18-28)50(44,45)38-23-27-12-6-5-7-13-27/h8-11,14-21,27,30,38H,4-7,12-13,22-26H2,1-3H3/p+1. The molecule has 0 spiro atoms. The van der Waals surface area contributed by atoms with Crippen molar-refractivity contribution in [3.05, 3.63) is 89.7 Å². The molecular formula is C36H47N4O9S+. The summed E-state index contributed by atoms with van der Waals surface area (Å²) in [6.45, 7) is 2.50. The molecule has 50 heavy (non-hydrogen) atoms. The van der Waals surface area contributed by atoms with Gasteiger partial charge in [-0.2, -0.15) is 0 Å². The van der Waals surface area contributed by atoms with E-state index in [2.05, 4.69) is 10.0 Å². The van der Waals surface area contributed by atoms with Crippen LogP contribution in [0.2, 0.25) is 0 Å². The molecule has 1 unspecified atom stereocenters. The maximum Gasteiger partial charge on any atom is 0.417 e. The SMILES string of the molecule is CC[n+]1ccccc1CN(C(=O)OCC(COC(=O)NCc1ccc(S(=O)(=O)NCC2CCCCC2)cc1)OC)C(=O)c1ccccc1OC. The Labute approximate surface area is 293 Å². The monoisotopic (exact) mass is 711 g/mol. The Bertz CT molecular complexity index is 1680. The third-order valence-corrected chi connectivity index (χ3v) is 10.0. The second-order valence-corrected chi connectivity index (χ2v) is 13.7. The van der Waals surface area contributed by atoms with E-state index < -0.39 is 34.2 Å². The number of carbonyl (C=O) groups excluding carboxylic acids is 3. The van der Waals surface area contributed by atoms with Crippen LogP contribution in [-0.2, 0) is 43.9 Å². The Morgan fingerprint density at radius 3 is 2.32 bits per heavy atom. The fourth-order valence-electron chi connectivity index (χ4n) is 5.62. The summed E-state index contributed by atoms with van der Waals surface area (Å²) in [6.07, 6.45) is 4.93. The second kappa shape index (κ2) is 19.0. The van der Waals surface area contributed by atoms with Crippen molar-refractivity contribution in [2.75, 3.05) is 34.0 Å². The number of benzene rings is 2. The van der Waals surface area contributed by atoms with Crippen molar-refractivity contribution in [1.82, 2.24) is 14.9 Å². The van der Waals surface area contributed by atoms with Crippen molar-refractivity contribution >= 4 is 28.1 Å². The number of methoxy groups -OCH3 is 2. The smallest absolute Gasteiger partial charge is 0.417 e. The highest BCUT2D eigenvalue weighted by molar-refractivity contribution is 7.89. The third-order valence-electron chi connectivity index (χ3n) is 8.58. The molecule has 13 nitrogen and oxygen atoms in total. The molecule has 1 aliphatic carbocycles. The molecule has 2 aromatic carbocycles. The van der Waals surface area contributed by atoms with Crippen LogP contribution >= 0.6 is 0 Å². The number of imide groups is 1. The Morgan fingerprint density at radius 2 is 1.62 bits per heavy atom. The first-order chi connectivity index (χ1) is 24.1. The van der Waals surface area contributed by atoms with Crippen LogP contribution < -0.4 is 19.3 Å². The summed E-state index contributed by atoms with van der Waals surface area (Å²) in [6, 6.07) is 18.3. The molecule has 1 saturated carbocycles. The lowest BCUT2D eigenvalue weighted by molar-refractivity contribution is -0.701. The number of para-hydroxylation sites is 1. The first kappa shape index (κ1) is 38.3. The molecule has 270 valence electrons. The zero-order valence-electron chi connectivity index (χ0n) is 28.8. The van der Waals surface area contributed by atoms with E-state index in [4.69, 9.17) is 18.9 Å². The predicted octanol–water partition coefficient (Wildman–Crippen LogP) is 4.58. The van der Waals surface area contributed by atoms with E-state index in [9.17, 15) is 22.8 Å². The van der Waals surface area contributed by atoms with Crippen molar-refractivity contribution in [1.29, 1.82) is 0 Å². The van der Waals surface area contributed by atoms with E-state index >= 15 is 0 Å². The summed E-state index contributed by atoms with van der Waals surface area (Å²) in [5.41, 5.74) is 1.57. The summed E-state index contributed by atoms with van der Waals surface area (Å²) in [5.74, 6) is 0.0717. The van der Waals surface area contributed by atoms with E-state index in [1.54, 1.807) is 36.4 Å². The number of pyridine rings is 1. The van der Waals surface area contributed by atoms with Crippen LogP contribution in [0.25, 0.3) is 0 Å². The molecule has 0 bridgehead atoms. The number of rotatable bonds is 16. The minimum Gasteiger partial charge on any atom is -0.496 e. The average molecular weight is 712 g/mol. The van der Waals surface area contributed by atoms with E-state index in [1.807, 2.05) is 35.9 Å². The zero-order chi connectivity index (χ0) is 35.9. The number of sulfonamides is 1. The van der Waals surface area contributed by atoms with Gasteiger partial charge >= 0.3 is 12.2 Å². The van der Waals surface area contributed by atoms with Crippen molar-refractivity contribution in [2.24, 2.45) is 5.92 Å². The number of nitrogens with one attached hydrogen (secondary N) is 2. The number of hydrogen-bond donors (Lipinski definition) is 2. The van der Waals surface area contributed by atoms with E-state index in [0.717, 1.165) is 30.6 Å². The van der Waals surface area contributed by atoms with Crippen LogP contribution in [0.5, 0.6) is 5.75 Å². The normalized spacial score (nSPS) is 14.0. The van der Waals surface area contributed by atoms with Gasteiger partial charge in [-0.1, -0.05) is 49.6 Å². The minimum atomic E-state index is -3.63. The summed E-state index contributed by atoms with van der Waals surface area (Å²) in [4.78, 5) is 40.6. The molecule has 14 heteroatoms. The number of alkyl carbamates (subject to hydrolysis) is 1. The maximum atomic E-state index is 13.6.